The first-order valence-electron chi connectivity index (χ1n) is 12.0. The van der Waals surface area contributed by atoms with E-state index in [0.29, 0.717) is 23.7 Å². The van der Waals surface area contributed by atoms with E-state index in [1.165, 1.54) is 29.2 Å². The van der Waals surface area contributed by atoms with E-state index < -0.39 is 17.4 Å². The van der Waals surface area contributed by atoms with E-state index in [0.717, 1.165) is 11.1 Å². The fourth-order valence-corrected chi connectivity index (χ4v) is 3.50. The van der Waals surface area contributed by atoms with Crippen LogP contribution in [-0.2, 0) is 17.9 Å². The zero-order chi connectivity index (χ0) is 26.8. The highest BCUT2D eigenvalue weighted by Crippen LogP contribution is 2.29. The summed E-state index contributed by atoms with van der Waals surface area (Å²) in [5.74, 6) is 0.362. The quantitative estimate of drug-likeness (QED) is 0.387. The van der Waals surface area contributed by atoms with Crippen LogP contribution in [0.4, 0.5) is 9.18 Å². The van der Waals surface area contributed by atoms with Crippen molar-refractivity contribution in [3.63, 3.8) is 0 Å². The molecule has 0 aliphatic carbocycles. The predicted molar refractivity (Wildman–Crippen MR) is 139 cm³/mol. The standard InChI is InChI=1S/C29H33FN2O5/c1-29(2,3)31-28(34)36-17-16-32(27(33)23-11-13-24(30)14-12-23)19-22-10-15-25(26(18-22)35-4)37-20-21-8-6-5-7-9-21/h5-15,18H,16-17,19-20H2,1-4H3,(H,31,34). The minimum absolute atomic E-state index is 0.00967. The lowest BCUT2D eigenvalue weighted by molar-refractivity contribution is 0.0676. The molecule has 0 bridgehead atoms. The molecule has 0 atom stereocenters. The van der Waals surface area contributed by atoms with Crippen LogP contribution in [0.2, 0.25) is 0 Å². The largest absolute Gasteiger partial charge is 0.493 e. The lowest BCUT2D eigenvalue weighted by atomic mass is 10.1. The van der Waals surface area contributed by atoms with Crippen molar-refractivity contribution < 1.29 is 28.2 Å². The van der Waals surface area contributed by atoms with Gasteiger partial charge >= 0.3 is 6.09 Å². The first kappa shape index (κ1) is 27.5. The number of alkyl carbamates (subject to hydrolysis) is 1. The summed E-state index contributed by atoms with van der Waals surface area (Å²) in [6, 6.07) is 20.6. The number of hydrogen-bond acceptors (Lipinski definition) is 5. The van der Waals surface area contributed by atoms with E-state index in [-0.39, 0.29) is 25.6 Å². The van der Waals surface area contributed by atoms with Crippen LogP contribution in [0.5, 0.6) is 11.5 Å². The van der Waals surface area contributed by atoms with Crippen molar-refractivity contribution in [2.75, 3.05) is 20.3 Å². The van der Waals surface area contributed by atoms with Gasteiger partial charge in [0.1, 0.15) is 19.0 Å². The van der Waals surface area contributed by atoms with Crippen LogP contribution in [0.25, 0.3) is 0 Å². The number of halogens is 1. The maximum atomic E-state index is 13.4. The van der Waals surface area contributed by atoms with E-state index >= 15 is 0 Å². The Morgan fingerprint density at radius 1 is 0.919 bits per heavy atom. The summed E-state index contributed by atoms with van der Waals surface area (Å²) >= 11 is 0. The molecule has 0 aliphatic heterocycles. The van der Waals surface area contributed by atoms with Crippen molar-refractivity contribution in [3.05, 3.63) is 95.3 Å². The average Bonchev–Trinajstić information content (AvgIpc) is 2.86. The van der Waals surface area contributed by atoms with Gasteiger partial charge in [-0.15, -0.1) is 0 Å². The highest BCUT2D eigenvalue weighted by Gasteiger charge is 2.19. The summed E-state index contributed by atoms with van der Waals surface area (Å²) in [4.78, 5) is 26.8. The Kier molecular flexibility index (Phi) is 9.49. The number of methoxy groups -OCH3 is 1. The number of carbonyl (C=O) groups excluding carboxylic acids is 2. The molecule has 8 heteroatoms. The molecular formula is C29H33FN2O5. The maximum absolute atomic E-state index is 13.4. The van der Waals surface area contributed by atoms with Gasteiger partial charge in [-0.25, -0.2) is 9.18 Å². The van der Waals surface area contributed by atoms with Gasteiger partial charge in [-0.1, -0.05) is 36.4 Å². The van der Waals surface area contributed by atoms with Crippen molar-refractivity contribution >= 4 is 12.0 Å². The Labute approximate surface area is 217 Å². The lowest BCUT2D eigenvalue weighted by Gasteiger charge is -2.24. The molecule has 3 aromatic carbocycles. The number of nitrogens with one attached hydrogen (secondary N) is 1. The molecule has 7 nitrogen and oxygen atoms in total. The van der Waals surface area contributed by atoms with Crippen molar-refractivity contribution in [1.29, 1.82) is 0 Å². The SMILES string of the molecule is COc1cc(CN(CCOC(=O)NC(C)(C)C)C(=O)c2ccc(F)cc2)ccc1OCc1ccccc1. The molecule has 0 radical (unpaired) electrons. The third-order valence-electron chi connectivity index (χ3n) is 5.29. The molecule has 3 rings (SSSR count). The number of hydrogen-bond donors (Lipinski definition) is 1. The Morgan fingerprint density at radius 3 is 2.27 bits per heavy atom. The summed E-state index contributed by atoms with van der Waals surface area (Å²) < 4.78 is 30.1. The topological polar surface area (TPSA) is 77.1 Å². The monoisotopic (exact) mass is 508 g/mol. The van der Waals surface area contributed by atoms with Gasteiger partial charge in [0, 0.05) is 17.6 Å². The Balaban J connectivity index is 1.73. The number of nitrogens with zero attached hydrogens (tertiary/aromatic N) is 1. The number of rotatable bonds is 10. The van der Waals surface area contributed by atoms with E-state index in [2.05, 4.69) is 5.32 Å². The Bertz CT molecular complexity index is 1180. The summed E-state index contributed by atoms with van der Waals surface area (Å²) in [6.07, 6.45) is -0.566. The summed E-state index contributed by atoms with van der Waals surface area (Å²) in [5.41, 5.74) is 1.70. The molecule has 0 heterocycles. The fraction of sp³-hybridized carbons (Fsp3) is 0.310. The summed E-state index contributed by atoms with van der Waals surface area (Å²) in [5, 5.41) is 2.72. The fourth-order valence-electron chi connectivity index (χ4n) is 3.50. The van der Waals surface area contributed by atoms with Crippen LogP contribution in [-0.4, -0.2) is 42.7 Å². The molecular weight excluding hydrogens is 475 g/mol. The average molecular weight is 509 g/mol. The first-order valence-corrected chi connectivity index (χ1v) is 12.0. The third-order valence-corrected chi connectivity index (χ3v) is 5.29. The van der Waals surface area contributed by atoms with Gasteiger partial charge in [0.25, 0.3) is 5.91 Å². The van der Waals surface area contributed by atoms with Crippen LogP contribution >= 0.6 is 0 Å². The molecule has 0 fully saturated rings. The number of amides is 2. The van der Waals surface area contributed by atoms with Crippen LogP contribution in [0, 0.1) is 5.82 Å². The highest BCUT2D eigenvalue weighted by atomic mass is 19.1. The normalized spacial score (nSPS) is 10.9. The van der Waals surface area contributed by atoms with Crippen molar-refractivity contribution in [1.82, 2.24) is 10.2 Å². The van der Waals surface area contributed by atoms with Gasteiger partial charge in [-0.05, 0) is 68.3 Å². The smallest absolute Gasteiger partial charge is 0.407 e. The molecule has 0 aromatic heterocycles. The van der Waals surface area contributed by atoms with Crippen LogP contribution in [0.15, 0.2) is 72.8 Å². The second kappa shape index (κ2) is 12.8. The van der Waals surface area contributed by atoms with E-state index in [9.17, 15) is 14.0 Å². The second-order valence-corrected chi connectivity index (χ2v) is 9.50. The third kappa shape index (κ3) is 8.83. The minimum Gasteiger partial charge on any atom is -0.493 e. The molecule has 37 heavy (non-hydrogen) atoms. The van der Waals surface area contributed by atoms with Gasteiger partial charge in [0.2, 0.25) is 0 Å². The number of carbonyl (C=O) groups is 2. The van der Waals surface area contributed by atoms with Gasteiger partial charge in [-0.2, -0.15) is 0 Å². The lowest BCUT2D eigenvalue weighted by Crippen LogP contribution is -2.42. The highest BCUT2D eigenvalue weighted by molar-refractivity contribution is 5.94. The van der Waals surface area contributed by atoms with Gasteiger partial charge in [0.05, 0.1) is 13.7 Å². The zero-order valence-electron chi connectivity index (χ0n) is 21.6. The molecule has 0 spiro atoms. The predicted octanol–water partition coefficient (Wildman–Crippen LogP) is 5.58. The molecule has 3 aromatic rings. The number of benzene rings is 3. The molecule has 2 amide bonds. The molecule has 0 saturated carbocycles. The van der Waals surface area contributed by atoms with Crippen molar-refractivity contribution in [2.24, 2.45) is 0 Å². The van der Waals surface area contributed by atoms with E-state index in [4.69, 9.17) is 14.2 Å². The second-order valence-electron chi connectivity index (χ2n) is 9.50. The van der Waals surface area contributed by atoms with Gasteiger partial charge in [-0.3, -0.25) is 4.79 Å². The molecule has 1 N–H and O–H groups in total. The Hall–Kier alpha value is -4.07. The molecule has 0 saturated heterocycles. The summed E-state index contributed by atoms with van der Waals surface area (Å²) in [7, 11) is 1.55. The van der Waals surface area contributed by atoms with Crippen molar-refractivity contribution in [3.8, 4) is 11.5 Å². The maximum Gasteiger partial charge on any atom is 0.407 e. The van der Waals surface area contributed by atoms with Gasteiger partial charge in [0.15, 0.2) is 11.5 Å². The molecule has 0 unspecified atom stereocenters. The van der Waals surface area contributed by atoms with Crippen LogP contribution in [0.3, 0.4) is 0 Å². The van der Waals surface area contributed by atoms with E-state index in [1.54, 1.807) is 19.2 Å². The molecule has 0 aliphatic rings. The molecule has 196 valence electrons. The zero-order valence-corrected chi connectivity index (χ0v) is 21.6. The van der Waals surface area contributed by atoms with Crippen molar-refractivity contribution in [2.45, 2.75) is 39.5 Å². The van der Waals surface area contributed by atoms with Gasteiger partial charge < -0.3 is 24.4 Å². The first-order chi connectivity index (χ1) is 17.6. The Morgan fingerprint density at radius 2 is 1.62 bits per heavy atom. The summed E-state index contributed by atoms with van der Waals surface area (Å²) in [6.45, 7) is 6.28. The van der Waals surface area contributed by atoms with Crippen LogP contribution < -0.4 is 14.8 Å². The van der Waals surface area contributed by atoms with E-state index in [1.807, 2.05) is 57.2 Å². The van der Waals surface area contributed by atoms with Crippen LogP contribution in [0.1, 0.15) is 42.3 Å². The number of ether oxygens (including phenoxy) is 3. The minimum atomic E-state index is -0.566.